The molecule has 0 amide bonds. The monoisotopic (exact) mass is 300 g/mol. The summed E-state index contributed by atoms with van der Waals surface area (Å²) in [6, 6.07) is 0.0974. The predicted octanol–water partition coefficient (Wildman–Crippen LogP) is 2.48. The van der Waals surface area contributed by atoms with Crippen LogP contribution >= 0.6 is 11.6 Å². The summed E-state index contributed by atoms with van der Waals surface area (Å²) in [5, 5.41) is 7.57. The average molecular weight is 301 g/mol. The number of halogens is 1. The smallest absolute Gasteiger partial charge is 0.287 e. The summed E-state index contributed by atoms with van der Waals surface area (Å²) in [7, 11) is 0. The topological polar surface area (TPSA) is 72.9 Å². The summed E-state index contributed by atoms with van der Waals surface area (Å²) < 4.78 is 1.41. The Labute approximate surface area is 125 Å². The average Bonchev–Trinajstić information content (AvgIpc) is 2.41. The van der Waals surface area contributed by atoms with Crippen molar-refractivity contribution in [2.45, 2.75) is 52.6 Å². The van der Waals surface area contributed by atoms with Gasteiger partial charge in [0.2, 0.25) is 0 Å². The van der Waals surface area contributed by atoms with Crippen molar-refractivity contribution in [3.8, 4) is 0 Å². The van der Waals surface area contributed by atoms with E-state index in [1.165, 1.54) is 4.68 Å². The molecule has 0 saturated carbocycles. The summed E-state index contributed by atoms with van der Waals surface area (Å²) in [6.45, 7) is 7.43. The van der Waals surface area contributed by atoms with Gasteiger partial charge in [-0.25, -0.2) is 4.68 Å². The summed E-state index contributed by atoms with van der Waals surface area (Å²) in [5.74, 6) is 0.521. The van der Waals surface area contributed by atoms with E-state index in [1.807, 2.05) is 0 Å². The van der Waals surface area contributed by atoms with E-state index in [4.69, 9.17) is 17.3 Å². The van der Waals surface area contributed by atoms with Gasteiger partial charge in [0, 0.05) is 19.1 Å². The van der Waals surface area contributed by atoms with Gasteiger partial charge >= 0.3 is 0 Å². The number of hydrogen-bond acceptors (Lipinski definition) is 4. The molecule has 1 atom stereocenters. The Morgan fingerprint density at radius 3 is 2.75 bits per heavy atom. The lowest BCUT2D eigenvalue weighted by Crippen LogP contribution is -2.32. The van der Waals surface area contributed by atoms with Crippen molar-refractivity contribution < 1.29 is 0 Å². The summed E-state index contributed by atoms with van der Waals surface area (Å²) in [4.78, 5) is 12.1. The molecule has 1 aromatic rings. The van der Waals surface area contributed by atoms with Crippen LogP contribution in [0, 0.1) is 5.92 Å². The Morgan fingerprint density at radius 1 is 1.50 bits per heavy atom. The van der Waals surface area contributed by atoms with E-state index in [9.17, 15) is 4.79 Å². The first-order valence-electron chi connectivity index (χ1n) is 7.21. The van der Waals surface area contributed by atoms with Gasteiger partial charge in [0.25, 0.3) is 5.56 Å². The molecule has 20 heavy (non-hydrogen) atoms. The van der Waals surface area contributed by atoms with Crippen LogP contribution in [0.15, 0.2) is 11.0 Å². The number of rotatable bonds is 8. The number of nitrogens with two attached hydrogens (primary N) is 1. The third-order valence-corrected chi connectivity index (χ3v) is 3.47. The van der Waals surface area contributed by atoms with Crippen LogP contribution in [0.5, 0.6) is 0 Å². The molecular weight excluding hydrogens is 276 g/mol. The number of hydrogen-bond donors (Lipinski definition) is 2. The Kier molecular flexibility index (Phi) is 7.02. The molecule has 0 spiro atoms. The molecule has 0 fully saturated rings. The number of aryl methyl sites for hydroxylation is 1. The maximum Gasteiger partial charge on any atom is 0.287 e. The zero-order valence-electron chi connectivity index (χ0n) is 12.5. The first kappa shape index (κ1) is 17.0. The van der Waals surface area contributed by atoms with Crippen LogP contribution in [0.4, 0.5) is 5.69 Å². The Hall–Kier alpha value is -1.07. The highest BCUT2D eigenvalue weighted by molar-refractivity contribution is 6.32. The fraction of sp³-hybridized carbons (Fsp3) is 0.714. The van der Waals surface area contributed by atoms with Crippen molar-refractivity contribution in [1.29, 1.82) is 0 Å². The van der Waals surface area contributed by atoms with Crippen molar-refractivity contribution in [3.05, 3.63) is 21.6 Å². The molecule has 0 aliphatic carbocycles. The molecule has 6 heteroatoms. The van der Waals surface area contributed by atoms with Crippen molar-refractivity contribution in [2.75, 3.05) is 11.9 Å². The molecule has 5 nitrogen and oxygen atoms in total. The molecule has 0 bridgehead atoms. The van der Waals surface area contributed by atoms with Crippen LogP contribution in [0.25, 0.3) is 0 Å². The van der Waals surface area contributed by atoms with Gasteiger partial charge < -0.3 is 11.1 Å². The van der Waals surface area contributed by atoms with Crippen molar-refractivity contribution in [3.63, 3.8) is 0 Å². The molecular formula is C14H25ClN4O. The molecule has 1 heterocycles. The molecule has 3 N–H and O–H groups in total. The van der Waals surface area contributed by atoms with E-state index in [1.54, 1.807) is 6.20 Å². The van der Waals surface area contributed by atoms with Gasteiger partial charge in [-0.3, -0.25) is 4.79 Å². The van der Waals surface area contributed by atoms with Crippen molar-refractivity contribution >= 4 is 17.3 Å². The molecule has 0 radical (unpaired) electrons. The normalized spacial score (nSPS) is 12.7. The number of aromatic nitrogens is 2. The molecule has 0 aliphatic heterocycles. The largest absolute Gasteiger partial charge is 0.378 e. The minimum atomic E-state index is -0.245. The Balaban J connectivity index is 2.86. The number of nitrogens with one attached hydrogen (secondary N) is 1. The zero-order chi connectivity index (χ0) is 15.1. The van der Waals surface area contributed by atoms with Crippen LogP contribution in [0.2, 0.25) is 5.02 Å². The number of unbranched alkanes of at least 4 members (excludes halogenated alkanes) is 1. The second-order valence-corrected chi connectivity index (χ2v) is 5.84. The molecule has 0 saturated heterocycles. The highest BCUT2D eigenvalue weighted by Gasteiger charge is 2.14. The summed E-state index contributed by atoms with van der Waals surface area (Å²) in [5.41, 5.74) is 6.07. The van der Waals surface area contributed by atoms with Crippen LogP contribution in [0.1, 0.15) is 40.0 Å². The van der Waals surface area contributed by atoms with Crippen LogP contribution in [0.3, 0.4) is 0 Å². The van der Waals surface area contributed by atoms with E-state index in [2.05, 4.69) is 31.2 Å². The van der Waals surface area contributed by atoms with E-state index < -0.39 is 0 Å². The van der Waals surface area contributed by atoms with Crippen molar-refractivity contribution in [1.82, 2.24) is 9.78 Å². The number of nitrogens with zero attached hydrogens (tertiary/aromatic N) is 2. The molecule has 1 aromatic heterocycles. The minimum Gasteiger partial charge on any atom is -0.378 e. The molecule has 0 aliphatic rings. The first-order chi connectivity index (χ1) is 9.49. The highest BCUT2D eigenvalue weighted by atomic mass is 35.5. The third kappa shape index (κ3) is 4.80. The van der Waals surface area contributed by atoms with Gasteiger partial charge in [-0.2, -0.15) is 5.10 Å². The van der Waals surface area contributed by atoms with Gasteiger partial charge in [0.15, 0.2) is 0 Å². The lowest BCUT2D eigenvalue weighted by Gasteiger charge is -2.20. The quantitative estimate of drug-likeness (QED) is 0.773. The molecule has 114 valence electrons. The van der Waals surface area contributed by atoms with Gasteiger partial charge in [-0.1, -0.05) is 38.8 Å². The first-order valence-corrected chi connectivity index (χ1v) is 7.59. The van der Waals surface area contributed by atoms with Gasteiger partial charge in [-0.15, -0.1) is 0 Å². The van der Waals surface area contributed by atoms with Crippen LogP contribution in [-0.2, 0) is 6.54 Å². The molecule has 0 aromatic carbocycles. The molecule has 1 rings (SSSR count). The van der Waals surface area contributed by atoms with E-state index in [0.717, 1.165) is 19.3 Å². The maximum absolute atomic E-state index is 12.1. The summed E-state index contributed by atoms with van der Waals surface area (Å²) >= 11 is 6.14. The Morgan fingerprint density at radius 2 is 2.20 bits per heavy atom. The van der Waals surface area contributed by atoms with Crippen LogP contribution in [-0.4, -0.2) is 22.4 Å². The third-order valence-electron chi connectivity index (χ3n) is 3.11. The fourth-order valence-corrected chi connectivity index (χ4v) is 2.24. The zero-order valence-corrected chi connectivity index (χ0v) is 13.3. The lowest BCUT2D eigenvalue weighted by molar-refractivity contribution is 0.519. The van der Waals surface area contributed by atoms with E-state index in [0.29, 0.717) is 24.7 Å². The highest BCUT2D eigenvalue weighted by Crippen LogP contribution is 2.18. The van der Waals surface area contributed by atoms with Gasteiger partial charge in [0.1, 0.15) is 5.02 Å². The summed E-state index contributed by atoms with van der Waals surface area (Å²) in [6.07, 6.45) is 4.46. The standard InChI is InChI=1S/C14H25ClN4O/c1-4-5-6-19-14(20)13(15)12(9-17-19)18-11(8-16)7-10(2)3/h9-11,18H,4-8,16H2,1-3H3. The second-order valence-electron chi connectivity index (χ2n) is 5.46. The maximum atomic E-state index is 12.1. The fourth-order valence-electron chi connectivity index (χ4n) is 2.04. The lowest BCUT2D eigenvalue weighted by atomic mass is 10.0. The minimum absolute atomic E-state index is 0.0974. The second kappa shape index (κ2) is 8.27. The number of anilines is 1. The van der Waals surface area contributed by atoms with Crippen LogP contribution < -0.4 is 16.6 Å². The van der Waals surface area contributed by atoms with Gasteiger partial charge in [0.05, 0.1) is 11.9 Å². The Bertz CT molecular complexity index is 473. The van der Waals surface area contributed by atoms with E-state index >= 15 is 0 Å². The van der Waals surface area contributed by atoms with Gasteiger partial charge in [-0.05, 0) is 18.8 Å². The molecule has 1 unspecified atom stereocenters. The SMILES string of the molecule is CCCCn1ncc(NC(CN)CC(C)C)c(Cl)c1=O. The van der Waals surface area contributed by atoms with Crippen molar-refractivity contribution in [2.24, 2.45) is 11.7 Å². The predicted molar refractivity (Wildman–Crippen MR) is 84.3 cm³/mol. The van der Waals surface area contributed by atoms with E-state index in [-0.39, 0.29) is 16.6 Å².